The molecule has 6 nitrogen and oxygen atoms in total. The highest BCUT2D eigenvalue weighted by molar-refractivity contribution is 7.98. The first-order valence-electron chi connectivity index (χ1n) is 6.66. The average molecular weight is 305 g/mol. The molecule has 0 saturated heterocycles. The van der Waals surface area contributed by atoms with Crippen molar-refractivity contribution < 1.29 is 9.66 Å². The lowest BCUT2D eigenvalue weighted by atomic mass is 10.2. The maximum absolute atomic E-state index is 11.0. The molecule has 1 heterocycles. The second kappa shape index (κ2) is 5.77. The van der Waals surface area contributed by atoms with Gasteiger partial charge in [-0.05, 0) is 24.5 Å². The first kappa shape index (κ1) is 13.9. The third kappa shape index (κ3) is 3.02. The van der Waals surface area contributed by atoms with E-state index in [1.165, 1.54) is 20.0 Å². The van der Waals surface area contributed by atoms with Crippen LogP contribution in [0.1, 0.15) is 24.4 Å². The number of imidazole rings is 1. The van der Waals surface area contributed by atoms with Crippen molar-refractivity contribution in [2.75, 3.05) is 7.11 Å². The molecular weight excluding hydrogens is 290 g/mol. The summed E-state index contributed by atoms with van der Waals surface area (Å²) in [6, 6.07) is 5.64. The van der Waals surface area contributed by atoms with E-state index in [0.29, 0.717) is 11.8 Å². The maximum Gasteiger partial charge on any atom is 0.311 e. The van der Waals surface area contributed by atoms with Crippen LogP contribution in [0.4, 0.5) is 5.69 Å². The van der Waals surface area contributed by atoms with Crippen LogP contribution in [0.15, 0.2) is 35.7 Å². The average Bonchev–Trinajstić information content (AvgIpc) is 3.23. The van der Waals surface area contributed by atoms with Gasteiger partial charge in [-0.25, -0.2) is 4.98 Å². The van der Waals surface area contributed by atoms with Gasteiger partial charge in [0.25, 0.3) is 0 Å². The Hall–Kier alpha value is -2.02. The zero-order chi connectivity index (χ0) is 14.8. The Kier molecular flexibility index (Phi) is 3.83. The molecular formula is C14H15N3O3S. The summed E-state index contributed by atoms with van der Waals surface area (Å²) in [4.78, 5) is 15.0. The zero-order valence-corrected chi connectivity index (χ0v) is 12.4. The van der Waals surface area contributed by atoms with Gasteiger partial charge in [-0.2, -0.15) is 0 Å². The molecule has 0 aliphatic heterocycles. The highest BCUT2D eigenvalue weighted by atomic mass is 32.2. The number of ether oxygens (including phenoxy) is 1. The van der Waals surface area contributed by atoms with Crippen LogP contribution in [0.5, 0.6) is 5.75 Å². The van der Waals surface area contributed by atoms with Gasteiger partial charge in [-0.3, -0.25) is 10.1 Å². The van der Waals surface area contributed by atoms with Gasteiger partial charge in [0.15, 0.2) is 10.9 Å². The van der Waals surface area contributed by atoms with Gasteiger partial charge in [0.05, 0.1) is 12.0 Å². The fraction of sp³-hybridized carbons (Fsp3) is 0.357. The highest BCUT2D eigenvalue weighted by Crippen LogP contribution is 2.38. The molecule has 1 saturated carbocycles. The van der Waals surface area contributed by atoms with Crippen molar-refractivity contribution in [1.29, 1.82) is 0 Å². The lowest BCUT2D eigenvalue weighted by Gasteiger charge is -2.07. The first-order valence-corrected chi connectivity index (χ1v) is 7.64. The fourth-order valence-electron chi connectivity index (χ4n) is 2.16. The monoisotopic (exact) mass is 305 g/mol. The van der Waals surface area contributed by atoms with E-state index in [0.717, 1.165) is 10.7 Å². The Balaban J connectivity index is 1.74. The van der Waals surface area contributed by atoms with E-state index >= 15 is 0 Å². The van der Waals surface area contributed by atoms with Crippen LogP contribution < -0.4 is 4.74 Å². The van der Waals surface area contributed by atoms with Crippen molar-refractivity contribution in [3.8, 4) is 5.75 Å². The van der Waals surface area contributed by atoms with Crippen LogP contribution in [0.2, 0.25) is 0 Å². The summed E-state index contributed by atoms with van der Waals surface area (Å²) in [6.45, 7) is 0. The lowest BCUT2D eigenvalue weighted by molar-refractivity contribution is -0.385. The predicted octanol–water partition coefficient (Wildman–Crippen LogP) is 3.43. The molecule has 0 atom stereocenters. The smallest absolute Gasteiger partial charge is 0.311 e. The van der Waals surface area contributed by atoms with E-state index in [1.54, 1.807) is 30.1 Å². The van der Waals surface area contributed by atoms with Crippen molar-refractivity contribution in [3.05, 3.63) is 46.3 Å². The predicted molar refractivity (Wildman–Crippen MR) is 79.7 cm³/mol. The van der Waals surface area contributed by atoms with Crippen molar-refractivity contribution in [1.82, 2.24) is 9.55 Å². The molecule has 0 radical (unpaired) electrons. The van der Waals surface area contributed by atoms with Crippen LogP contribution in [0.25, 0.3) is 0 Å². The normalized spacial score (nSPS) is 14.1. The number of hydrogen-bond donors (Lipinski definition) is 0. The molecule has 0 spiro atoms. The summed E-state index contributed by atoms with van der Waals surface area (Å²) in [6.07, 6.45) is 6.21. The van der Waals surface area contributed by atoms with E-state index < -0.39 is 4.92 Å². The van der Waals surface area contributed by atoms with Crippen LogP contribution in [-0.2, 0) is 5.75 Å². The molecule has 0 N–H and O–H groups in total. The molecule has 1 aromatic heterocycles. The van der Waals surface area contributed by atoms with Crippen LogP contribution in [-0.4, -0.2) is 21.6 Å². The number of rotatable bonds is 6. The van der Waals surface area contributed by atoms with Gasteiger partial charge >= 0.3 is 5.69 Å². The summed E-state index contributed by atoms with van der Waals surface area (Å²) in [5.74, 6) is 0.933. The number of benzene rings is 1. The SMILES string of the molecule is COc1ccc(CSc2nccn2C2CC2)cc1[N+](=O)[O-]. The van der Waals surface area contributed by atoms with E-state index in [4.69, 9.17) is 4.74 Å². The summed E-state index contributed by atoms with van der Waals surface area (Å²) >= 11 is 1.60. The van der Waals surface area contributed by atoms with Crippen LogP contribution in [0.3, 0.4) is 0 Å². The number of nitro benzene ring substituents is 1. The zero-order valence-electron chi connectivity index (χ0n) is 11.6. The van der Waals surface area contributed by atoms with Crippen molar-refractivity contribution in [2.45, 2.75) is 29.8 Å². The number of nitro groups is 1. The second-order valence-electron chi connectivity index (χ2n) is 4.90. The summed E-state index contributed by atoms with van der Waals surface area (Å²) in [7, 11) is 1.43. The quantitative estimate of drug-likeness (QED) is 0.464. The van der Waals surface area contributed by atoms with Crippen molar-refractivity contribution >= 4 is 17.4 Å². The Morgan fingerprint density at radius 3 is 3.00 bits per heavy atom. The molecule has 0 bridgehead atoms. The van der Waals surface area contributed by atoms with Gasteiger partial charge in [-0.1, -0.05) is 17.8 Å². The fourth-order valence-corrected chi connectivity index (χ4v) is 3.13. The minimum Gasteiger partial charge on any atom is -0.490 e. The Labute approximate surface area is 126 Å². The van der Waals surface area contributed by atoms with Gasteiger partial charge in [0.1, 0.15) is 0 Å². The molecule has 1 fully saturated rings. The van der Waals surface area contributed by atoms with E-state index in [1.807, 2.05) is 12.3 Å². The summed E-state index contributed by atoms with van der Waals surface area (Å²) < 4.78 is 7.19. The largest absolute Gasteiger partial charge is 0.490 e. The number of aromatic nitrogens is 2. The Morgan fingerprint density at radius 2 is 2.33 bits per heavy atom. The van der Waals surface area contributed by atoms with Crippen LogP contribution >= 0.6 is 11.8 Å². The second-order valence-corrected chi connectivity index (χ2v) is 5.84. The molecule has 7 heteroatoms. The van der Waals surface area contributed by atoms with Crippen molar-refractivity contribution in [2.24, 2.45) is 0 Å². The highest BCUT2D eigenvalue weighted by Gasteiger charge is 2.25. The van der Waals surface area contributed by atoms with Gasteiger partial charge < -0.3 is 9.30 Å². The number of nitrogens with zero attached hydrogens (tertiary/aromatic N) is 3. The molecule has 0 unspecified atom stereocenters. The van der Waals surface area contributed by atoms with E-state index in [9.17, 15) is 10.1 Å². The van der Waals surface area contributed by atoms with E-state index in [-0.39, 0.29) is 11.4 Å². The minimum atomic E-state index is -0.419. The molecule has 1 aliphatic rings. The Morgan fingerprint density at radius 1 is 1.52 bits per heavy atom. The lowest BCUT2D eigenvalue weighted by Crippen LogP contribution is -1.96. The molecule has 1 aromatic carbocycles. The van der Waals surface area contributed by atoms with Crippen molar-refractivity contribution in [3.63, 3.8) is 0 Å². The number of methoxy groups -OCH3 is 1. The summed E-state index contributed by atoms with van der Waals surface area (Å²) in [5, 5.41) is 12.0. The third-order valence-electron chi connectivity index (χ3n) is 3.38. The van der Waals surface area contributed by atoms with E-state index in [2.05, 4.69) is 9.55 Å². The molecule has 21 heavy (non-hydrogen) atoms. The number of hydrogen-bond acceptors (Lipinski definition) is 5. The first-order chi connectivity index (χ1) is 10.2. The maximum atomic E-state index is 11.0. The molecule has 2 aromatic rings. The minimum absolute atomic E-state index is 0.00105. The summed E-state index contributed by atoms with van der Waals surface area (Å²) in [5.41, 5.74) is 0.888. The van der Waals surface area contributed by atoms with Gasteiger partial charge in [0.2, 0.25) is 0 Å². The number of thioether (sulfide) groups is 1. The molecule has 1 aliphatic carbocycles. The molecule has 110 valence electrons. The Bertz CT molecular complexity index is 667. The third-order valence-corrected chi connectivity index (χ3v) is 4.43. The molecule has 0 amide bonds. The standard InChI is InChI=1S/C14H15N3O3S/c1-20-13-5-2-10(8-12(13)17(18)19)9-21-14-15-6-7-16(14)11-3-4-11/h2,5-8,11H,3-4,9H2,1H3. The van der Waals surface area contributed by atoms with Gasteiger partial charge in [-0.15, -0.1) is 0 Å². The van der Waals surface area contributed by atoms with Gasteiger partial charge in [0, 0.05) is 30.3 Å². The topological polar surface area (TPSA) is 70.2 Å². The van der Waals surface area contributed by atoms with Crippen LogP contribution in [0, 0.1) is 10.1 Å². The molecule has 3 rings (SSSR count).